The number of halogens is 1. The Balaban J connectivity index is 3.21. The minimum absolute atomic E-state index is 0.316. The van der Waals surface area contributed by atoms with Crippen molar-refractivity contribution < 1.29 is 13.2 Å². The number of sulfone groups is 1. The Bertz CT molecular complexity index is 523. The minimum atomic E-state index is -3.32. The molecule has 80 valence electrons. The molecule has 1 rings (SSSR count). The van der Waals surface area contributed by atoms with Crippen molar-refractivity contribution in [3.8, 4) is 16.9 Å². The summed E-state index contributed by atoms with van der Waals surface area (Å²) in [6.45, 7) is 0. The Morgan fingerprint density at radius 3 is 2.60 bits per heavy atom. The highest BCUT2D eigenvalue weighted by Gasteiger charge is 2.04. The summed E-state index contributed by atoms with van der Waals surface area (Å²) in [6, 6.07) is 4.99. The molecule has 0 atom stereocenters. The standard InChI is InChI=1S/C10H9ClO3S/c1-14-9-5-3-4-8(10(9)11)6-7-15(2,12)13/h3-5H,1-2H3. The zero-order chi connectivity index (χ0) is 11.5. The summed E-state index contributed by atoms with van der Waals surface area (Å²) in [4.78, 5) is 0. The summed E-state index contributed by atoms with van der Waals surface area (Å²) < 4.78 is 26.6. The maximum absolute atomic E-state index is 10.8. The minimum Gasteiger partial charge on any atom is -0.495 e. The number of methoxy groups -OCH3 is 1. The van der Waals surface area contributed by atoms with Crippen molar-refractivity contribution >= 4 is 21.4 Å². The predicted octanol–water partition coefficient (Wildman–Crippen LogP) is 1.70. The van der Waals surface area contributed by atoms with Crippen LogP contribution in [0.2, 0.25) is 5.02 Å². The fourth-order valence-electron chi connectivity index (χ4n) is 0.913. The zero-order valence-electron chi connectivity index (χ0n) is 8.24. The average Bonchev–Trinajstić information content (AvgIpc) is 2.15. The van der Waals surface area contributed by atoms with Crippen LogP contribution in [0, 0.1) is 11.2 Å². The van der Waals surface area contributed by atoms with Crippen LogP contribution in [0.15, 0.2) is 18.2 Å². The first-order chi connectivity index (χ1) is 6.94. The molecule has 1 aromatic carbocycles. The Labute approximate surface area is 93.9 Å². The van der Waals surface area contributed by atoms with Crippen molar-refractivity contribution in [3.05, 3.63) is 28.8 Å². The van der Waals surface area contributed by atoms with E-state index in [1.54, 1.807) is 18.2 Å². The first-order valence-corrected chi connectivity index (χ1v) is 6.26. The second-order valence-corrected chi connectivity index (χ2v) is 4.95. The van der Waals surface area contributed by atoms with Crippen molar-refractivity contribution in [2.75, 3.05) is 13.4 Å². The molecule has 3 nitrogen and oxygen atoms in total. The summed E-state index contributed by atoms with van der Waals surface area (Å²) in [5.74, 6) is 2.95. The van der Waals surface area contributed by atoms with Gasteiger partial charge >= 0.3 is 0 Å². The SMILES string of the molecule is COc1cccc(C#CS(C)(=O)=O)c1Cl. The van der Waals surface area contributed by atoms with Gasteiger partial charge in [0.2, 0.25) is 9.84 Å². The van der Waals surface area contributed by atoms with Crippen LogP contribution in [-0.2, 0) is 9.84 Å². The van der Waals surface area contributed by atoms with E-state index in [2.05, 4.69) is 11.2 Å². The number of ether oxygens (including phenoxy) is 1. The molecule has 0 aliphatic heterocycles. The van der Waals surface area contributed by atoms with Crippen molar-refractivity contribution in [2.24, 2.45) is 0 Å². The highest BCUT2D eigenvalue weighted by molar-refractivity contribution is 7.95. The van der Waals surface area contributed by atoms with E-state index in [-0.39, 0.29) is 0 Å². The summed E-state index contributed by atoms with van der Waals surface area (Å²) in [6.07, 6.45) is 1.04. The molecule has 5 heteroatoms. The van der Waals surface area contributed by atoms with Crippen molar-refractivity contribution in [1.29, 1.82) is 0 Å². The molecule has 0 heterocycles. The lowest BCUT2D eigenvalue weighted by Gasteiger charge is -2.02. The lowest BCUT2D eigenvalue weighted by Crippen LogP contribution is -1.90. The summed E-state index contributed by atoms with van der Waals surface area (Å²) in [5.41, 5.74) is 0.432. The number of benzene rings is 1. The third kappa shape index (κ3) is 3.46. The first-order valence-electron chi connectivity index (χ1n) is 3.99. The maximum atomic E-state index is 10.8. The van der Waals surface area contributed by atoms with Crippen LogP contribution in [0.4, 0.5) is 0 Å². The third-order valence-corrected chi connectivity index (χ3v) is 2.42. The topological polar surface area (TPSA) is 43.4 Å². The number of hydrogen-bond acceptors (Lipinski definition) is 3. The molecule has 1 aromatic rings. The molecule has 0 aliphatic carbocycles. The number of hydrogen-bond donors (Lipinski definition) is 0. The Kier molecular flexibility index (Phi) is 3.61. The molecule has 0 aliphatic rings. The van der Waals surface area contributed by atoms with Crippen molar-refractivity contribution in [2.45, 2.75) is 0 Å². The van der Waals surface area contributed by atoms with Crippen LogP contribution >= 0.6 is 11.6 Å². The van der Waals surface area contributed by atoms with Gasteiger partial charge in [0.05, 0.1) is 18.4 Å². The molecule has 0 unspecified atom stereocenters. The van der Waals surface area contributed by atoms with Gasteiger partial charge in [-0.1, -0.05) is 17.7 Å². The van der Waals surface area contributed by atoms with Gasteiger partial charge in [0, 0.05) is 10.8 Å². The molecule has 0 amide bonds. The largest absolute Gasteiger partial charge is 0.495 e. The lowest BCUT2D eigenvalue weighted by atomic mass is 10.2. The molecule has 0 fully saturated rings. The van der Waals surface area contributed by atoms with Crippen LogP contribution in [0.3, 0.4) is 0 Å². The fraction of sp³-hybridized carbons (Fsp3) is 0.200. The van der Waals surface area contributed by atoms with Gasteiger partial charge in [-0.2, -0.15) is 0 Å². The zero-order valence-corrected chi connectivity index (χ0v) is 9.82. The Morgan fingerprint density at radius 2 is 2.07 bits per heavy atom. The molecule has 0 saturated carbocycles. The van der Waals surface area contributed by atoms with E-state index in [4.69, 9.17) is 16.3 Å². The molecule has 0 N–H and O–H groups in total. The average molecular weight is 245 g/mol. The van der Waals surface area contributed by atoms with Crippen LogP contribution in [0.5, 0.6) is 5.75 Å². The lowest BCUT2D eigenvalue weighted by molar-refractivity contribution is 0.415. The van der Waals surface area contributed by atoms with Gasteiger partial charge < -0.3 is 4.74 Å². The normalized spacial score (nSPS) is 10.3. The first kappa shape index (κ1) is 11.9. The van der Waals surface area contributed by atoms with Gasteiger partial charge in [0.25, 0.3) is 0 Å². The van der Waals surface area contributed by atoms with E-state index in [1.165, 1.54) is 7.11 Å². The fourth-order valence-corrected chi connectivity index (χ4v) is 1.46. The monoisotopic (exact) mass is 244 g/mol. The molecule has 0 spiro atoms. The summed E-state index contributed by atoms with van der Waals surface area (Å²) in [7, 11) is -1.84. The Hall–Kier alpha value is -1.18. The van der Waals surface area contributed by atoms with E-state index < -0.39 is 9.84 Å². The molecular weight excluding hydrogens is 236 g/mol. The van der Waals surface area contributed by atoms with Gasteiger partial charge in [0.1, 0.15) is 5.75 Å². The van der Waals surface area contributed by atoms with E-state index in [1.807, 2.05) is 0 Å². The molecule has 0 bridgehead atoms. The highest BCUT2D eigenvalue weighted by Crippen LogP contribution is 2.26. The smallest absolute Gasteiger partial charge is 0.214 e. The second kappa shape index (κ2) is 4.56. The quantitative estimate of drug-likeness (QED) is 0.707. The second-order valence-electron chi connectivity index (χ2n) is 2.82. The summed E-state index contributed by atoms with van der Waals surface area (Å²) >= 11 is 5.92. The molecule has 0 saturated heterocycles. The Morgan fingerprint density at radius 1 is 1.40 bits per heavy atom. The van der Waals surface area contributed by atoms with Crippen LogP contribution < -0.4 is 4.74 Å². The van der Waals surface area contributed by atoms with Gasteiger partial charge in [0.15, 0.2) is 0 Å². The van der Waals surface area contributed by atoms with Gasteiger partial charge in [-0.25, -0.2) is 8.42 Å². The molecule has 0 radical (unpaired) electrons. The van der Waals surface area contributed by atoms with Crippen LogP contribution in [-0.4, -0.2) is 21.8 Å². The third-order valence-electron chi connectivity index (χ3n) is 1.55. The predicted molar refractivity (Wildman–Crippen MR) is 59.7 cm³/mol. The number of rotatable bonds is 1. The summed E-state index contributed by atoms with van der Waals surface area (Å²) in [5, 5.41) is 2.43. The molecular formula is C10H9ClO3S. The van der Waals surface area contributed by atoms with E-state index in [0.717, 1.165) is 6.26 Å². The van der Waals surface area contributed by atoms with Gasteiger partial charge in [-0.05, 0) is 18.1 Å². The maximum Gasteiger partial charge on any atom is 0.214 e. The molecule has 15 heavy (non-hydrogen) atoms. The van der Waals surface area contributed by atoms with Crippen molar-refractivity contribution in [1.82, 2.24) is 0 Å². The van der Waals surface area contributed by atoms with E-state index in [9.17, 15) is 8.42 Å². The van der Waals surface area contributed by atoms with Crippen molar-refractivity contribution in [3.63, 3.8) is 0 Å². The van der Waals surface area contributed by atoms with Crippen LogP contribution in [0.25, 0.3) is 0 Å². The molecule has 0 aromatic heterocycles. The van der Waals surface area contributed by atoms with Gasteiger partial charge in [-0.3, -0.25) is 0 Å². The highest BCUT2D eigenvalue weighted by atomic mass is 35.5. The van der Waals surface area contributed by atoms with E-state index in [0.29, 0.717) is 16.3 Å². The van der Waals surface area contributed by atoms with Gasteiger partial charge in [-0.15, -0.1) is 0 Å². The van der Waals surface area contributed by atoms with Crippen LogP contribution in [0.1, 0.15) is 5.56 Å². The van der Waals surface area contributed by atoms with E-state index >= 15 is 0 Å².